The first-order valence-electron chi connectivity index (χ1n) is 9.63. The third kappa shape index (κ3) is 3.85. The van der Waals surface area contributed by atoms with Gasteiger partial charge in [-0.3, -0.25) is 4.79 Å². The van der Waals surface area contributed by atoms with Crippen LogP contribution >= 0.6 is 11.8 Å². The number of piperazine rings is 1. The molecule has 1 aliphatic heterocycles. The molecule has 1 amide bonds. The van der Waals surface area contributed by atoms with Gasteiger partial charge in [0.25, 0.3) is 5.91 Å². The lowest BCUT2D eigenvalue weighted by molar-refractivity contribution is 0.0741. The molecule has 146 valence electrons. The highest BCUT2D eigenvalue weighted by atomic mass is 32.2. The molecule has 0 aromatic carbocycles. The smallest absolute Gasteiger partial charge is 0.256 e. The first kappa shape index (κ1) is 18.8. The summed E-state index contributed by atoms with van der Waals surface area (Å²) < 4.78 is 5.89. The Morgan fingerprint density at radius 1 is 1.32 bits per heavy atom. The fraction of sp³-hybridized carbons (Fsp3) is 0.500. The first-order chi connectivity index (χ1) is 13.6. The maximum Gasteiger partial charge on any atom is 0.256 e. The molecule has 3 heterocycles. The molecule has 0 spiro atoms. The van der Waals surface area contributed by atoms with Gasteiger partial charge in [0.05, 0.1) is 5.56 Å². The summed E-state index contributed by atoms with van der Waals surface area (Å²) in [4.78, 5) is 25.6. The van der Waals surface area contributed by atoms with Crippen molar-refractivity contribution in [3.8, 4) is 6.07 Å². The average Bonchev–Trinajstić information content (AvgIpc) is 3.46. The van der Waals surface area contributed by atoms with Gasteiger partial charge in [-0.25, -0.2) is 9.97 Å². The lowest BCUT2D eigenvalue weighted by Crippen LogP contribution is -2.49. The molecule has 0 bridgehead atoms. The van der Waals surface area contributed by atoms with E-state index in [9.17, 15) is 10.1 Å². The van der Waals surface area contributed by atoms with Crippen molar-refractivity contribution in [2.75, 3.05) is 31.1 Å². The van der Waals surface area contributed by atoms with Crippen LogP contribution < -0.4 is 4.90 Å². The van der Waals surface area contributed by atoms with E-state index in [1.807, 2.05) is 15.9 Å². The quantitative estimate of drug-likeness (QED) is 0.716. The van der Waals surface area contributed by atoms with Crippen LogP contribution in [-0.4, -0.2) is 52.2 Å². The van der Waals surface area contributed by atoms with E-state index in [0.29, 0.717) is 60.4 Å². The number of pyridine rings is 1. The Morgan fingerprint density at radius 2 is 2.07 bits per heavy atom. The van der Waals surface area contributed by atoms with E-state index < -0.39 is 0 Å². The Hall–Kier alpha value is -2.53. The molecule has 0 atom stereocenters. The molecule has 0 unspecified atom stereocenters. The number of amides is 1. The van der Waals surface area contributed by atoms with Gasteiger partial charge < -0.3 is 14.2 Å². The maximum absolute atomic E-state index is 13.0. The van der Waals surface area contributed by atoms with Crippen molar-refractivity contribution >= 4 is 23.6 Å². The number of anilines is 1. The normalized spacial score (nSPS) is 17.1. The van der Waals surface area contributed by atoms with Crippen LogP contribution in [0.5, 0.6) is 0 Å². The molecule has 1 aliphatic carbocycles. The lowest BCUT2D eigenvalue weighted by atomic mass is 10.2. The number of hydrogen-bond donors (Lipinski definition) is 0. The molecule has 28 heavy (non-hydrogen) atoms. The van der Waals surface area contributed by atoms with Gasteiger partial charge in [-0.05, 0) is 25.0 Å². The number of carbonyl (C=O) groups excluding carboxylic acids is 1. The van der Waals surface area contributed by atoms with Crippen LogP contribution in [0.1, 0.15) is 54.5 Å². The second-order valence-corrected chi connectivity index (χ2v) is 8.96. The molecule has 2 aromatic rings. The molecule has 1 saturated heterocycles. The molecule has 2 aliphatic rings. The minimum Gasteiger partial charge on any atom is -0.423 e. The molecule has 8 heteroatoms. The zero-order chi connectivity index (χ0) is 19.7. The lowest BCUT2D eigenvalue weighted by Gasteiger charge is -2.34. The van der Waals surface area contributed by atoms with Crippen molar-refractivity contribution < 1.29 is 9.21 Å². The second-order valence-electron chi connectivity index (χ2n) is 7.39. The van der Waals surface area contributed by atoms with Crippen LogP contribution in [0.4, 0.5) is 5.88 Å². The van der Waals surface area contributed by atoms with E-state index in [1.54, 1.807) is 24.0 Å². The highest BCUT2D eigenvalue weighted by molar-refractivity contribution is 7.99. The van der Waals surface area contributed by atoms with Crippen LogP contribution in [0.3, 0.4) is 0 Å². The summed E-state index contributed by atoms with van der Waals surface area (Å²) in [5.74, 6) is 1.60. The van der Waals surface area contributed by atoms with E-state index in [-0.39, 0.29) is 5.91 Å². The van der Waals surface area contributed by atoms with E-state index in [4.69, 9.17) is 4.42 Å². The molecule has 1 saturated carbocycles. The fourth-order valence-electron chi connectivity index (χ4n) is 3.27. The van der Waals surface area contributed by atoms with Crippen LogP contribution in [0, 0.1) is 11.3 Å². The predicted octanol–water partition coefficient (Wildman–Crippen LogP) is 3.28. The van der Waals surface area contributed by atoms with Gasteiger partial charge in [0.1, 0.15) is 11.1 Å². The summed E-state index contributed by atoms with van der Waals surface area (Å²) in [5.41, 5.74) is 1.01. The monoisotopic (exact) mass is 397 g/mol. The number of thioether (sulfide) groups is 1. The average molecular weight is 398 g/mol. The number of rotatable bonds is 5. The standard InChI is InChI=1S/C20H23N5O2S/c1-13(2)28-18-15(4-3-7-22-18)19(26)24-8-10-25(11-9-24)20-16(12-21)23-17(27-20)14-5-6-14/h3-4,7,13-14H,5-6,8-11H2,1-2H3. The Balaban J connectivity index is 1.45. The molecule has 0 radical (unpaired) electrons. The van der Waals surface area contributed by atoms with Crippen LogP contribution in [0.15, 0.2) is 27.8 Å². The number of nitriles is 1. The van der Waals surface area contributed by atoms with Gasteiger partial charge in [0, 0.05) is 43.5 Å². The van der Waals surface area contributed by atoms with Crippen molar-refractivity contribution in [2.24, 2.45) is 0 Å². The Labute approximate surface area is 168 Å². The number of hydrogen-bond acceptors (Lipinski definition) is 7. The van der Waals surface area contributed by atoms with E-state index in [1.165, 1.54) is 0 Å². The molecule has 2 aromatic heterocycles. The van der Waals surface area contributed by atoms with Gasteiger partial charge in [0.2, 0.25) is 17.5 Å². The molecule has 7 nitrogen and oxygen atoms in total. The van der Waals surface area contributed by atoms with Crippen molar-refractivity contribution in [3.63, 3.8) is 0 Å². The van der Waals surface area contributed by atoms with E-state index in [0.717, 1.165) is 17.9 Å². The summed E-state index contributed by atoms with van der Waals surface area (Å²) in [6.45, 7) is 6.56. The third-order valence-corrected chi connectivity index (χ3v) is 5.88. The molecule has 2 fully saturated rings. The van der Waals surface area contributed by atoms with Gasteiger partial charge in [0.15, 0.2) is 0 Å². The van der Waals surface area contributed by atoms with Crippen molar-refractivity contribution in [2.45, 2.75) is 42.9 Å². The number of aromatic nitrogens is 2. The van der Waals surface area contributed by atoms with Crippen LogP contribution in [0.2, 0.25) is 0 Å². The topological polar surface area (TPSA) is 86.3 Å². The van der Waals surface area contributed by atoms with E-state index >= 15 is 0 Å². The van der Waals surface area contributed by atoms with Crippen LogP contribution in [-0.2, 0) is 0 Å². The molecular weight excluding hydrogens is 374 g/mol. The number of carbonyl (C=O) groups is 1. The van der Waals surface area contributed by atoms with Gasteiger partial charge >= 0.3 is 0 Å². The predicted molar refractivity (Wildman–Crippen MR) is 107 cm³/mol. The third-order valence-electron chi connectivity index (χ3n) is 4.86. The van der Waals surface area contributed by atoms with E-state index in [2.05, 4.69) is 29.9 Å². The largest absolute Gasteiger partial charge is 0.423 e. The fourth-order valence-corrected chi connectivity index (χ4v) is 4.12. The summed E-state index contributed by atoms with van der Waals surface area (Å²) >= 11 is 1.60. The summed E-state index contributed by atoms with van der Waals surface area (Å²) in [6, 6.07) is 5.80. The minimum absolute atomic E-state index is 0.00708. The molecular formula is C20H23N5O2S. The summed E-state index contributed by atoms with van der Waals surface area (Å²) in [6.07, 6.45) is 3.88. The van der Waals surface area contributed by atoms with Gasteiger partial charge in [-0.1, -0.05) is 13.8 Å². The van der Waals surface area contributed by atoms with Crippen molar-refractivity contribution in [1.29, 1.82) is 5.26 Å². The Bertz CT molecular complexity index is 908. The molecule has 0 N–H and O–H groups in total. The zero-order valence-electron chi connectivity index (χ0n) is 16.1. The number of oxazole rings is 1. The van der Waals surface area contributed by atoms with Crippen molar-refractivity contribution in [3.05, 3.63) is 35.5 Å². The Morgan fingerprint density at radius 3 is 2.71 bits per heavy atom. The number of nitrogens with zero attached hydrogens (tertiary/aromatic N) is 5. The zero-order valence-corrected chi connectivity index (χ0v) is 16.9. The first-order valence-corrected chi connectivity index (χ1v) is 10.5. The van der Waals surface area contributed by atoms with Gasteiger partial charge in [-0.2, -0.15) is 5.26 Å². The Kier molecular flexibility index (Phi) is 5.27. The highest BCUT2D eigenvalue weighted by Crippen LogP contribution is 2.41. The van der Waals surface area contributed by atoms with Crippen molar-refractivity contribution in [1.82, 2.24) is 14.9 Å². The SMILES string of the molecule is CC(C)Sc1ncccc1C(=O)N1CCN(c2oc(C3CC3)nc2C#N)CC1. The molecule has 4 rings (SSSR count). The van der Waals surface area contributed by atoms with Crippen LogP contribution in [0.25, 0.3) is 0 Å². The summed E-state index contributed by atoms with van der Waals surface area (Å²) in [7, 11) is 0. The van der Waals surface area contributed by atoms with Gasteiger partial charge in [-0.15, -0.1) is 11.8 Å². The second kappa shape index (κ2) is 7.84. The minimum atomic E-state index is 0.00708. The highest BCUT2D eigenvalue weighted by Gasteiger charge is 2.33. The maximum atomic E-state index is 13.0. The summed E-state index contributed by atoms with van der Waals surface area (Å²) in [5, 5.41) is 10.5.